The van der Waals surface area contributed by atoms with Gasteiger partial charge in [-0.2, -0.15) is 0 Å². The molecule has 1 atom stereocenters. The monoisotopic (exact) mass is 236 g/mol. The third-order valence-electron chi connectivity index (χ3n) is 2.63. The van der Waals surface area contributed by atoms with E-state index in [9.17, 15) is 4.79 Å². The van der Waals surface area contributed by atoms with Gasteiger partial charge in [-0.15, -0.1) is 0 Å². The predicted octanol–water partition coefficient (Wildman–Crippen LogP) is 2.01. The van der Waals surface area contributed by atoms with Crippen molar-refractivity contribution in [1.82, 2.24) is 0 Å². The fourth-order valence-corrected chi connectivity index (χ4v) is 1.23. The smallest absolute Gasteiger partial charge is 0.255 e. The SMILES string of the molecule is CC(C)C(C)Nc1ccc(OCC(N)=O)cc1. The van der Waals surface area contributed by atoms with Crippen LogP contribution in [-0.2, 0) is 4.79 Å². The van der Waals surface area contributed by atoms with Gasteiger partial charge in [-0.3, -0.25) is 4.79 Å². The first-order chi connectivity index (χ1) is 7.99. The summed E-state index contributed by atoms with van der Waals surface area (Å²) in [5, 5.41) is 3.39. The molecule has 3 N–H and O–H groups in total. The van der Waals surface area contributed by atoms with Crippen LogP contribution >= 0.6 is 0 Å². The van der Waals surface area contributed by atoms with Gasteiger partial charge in [-0.05, 0) is 37.1 Å². The van der Waals surface area contributed by atoms with Crippen molar-refractivity contribution in [2.75, 3.05) is 11.9 Å². The molecule has 0 aliphatic carbocycles. The van der Waals surface area contributed by atoms with E-state index >= 15 is 0 Å². The number of nitrogens with two attached hydrogens (primary N) is 1. The van der Waals surface area contributed by atoms with Crippen LogP contribution < -0.4 is 15.8 Å². The van der Waals surface area contributed by atoms with Crippen LogP contribution in [0.2, 0.25) is 0 Å². The molecule has 1 unspecified atom stereocenters. The molecule has 0 spiro atoms. The van der Waals surface area contributed by atoms with Crippen molar-refractivity contribution < 1.29 is 9.53 Å². The second kappa shape index (κ2) is 6.13. The first kappa shape index (κ1) is 13.4. The molecule has 4 heteroatoms. The predicted molar refractivity (Wildman–Crippen MR) is 69.1 cm³/mol. The molecule has 17 heavy (non-hydrogen) atoms. The number of carbonyl (C=O) groups excluding carboxylic acids is 1. The number of benzene rings is 1. The average Bonchev–Trinajstić information content (AvgIpc) is 2.28. The molecule has 0 aliphatic rings. The Hall–Kier alpha value is -1.71. The molecule has 0 heterocycles. The van der Waals surface area contributed by atoms with Crippen LogP contribution in [0.5, 0.6) is 5.75 Å². The summed E-state index contributed by atoms with van der Waals surface area (Å²) in [6, 6.07) is 7.90. The van der Waals surface area contributed by atoms with Gasteiger partial charge in [0.25, 0.3) is 5.91 Å². The van der Waals surface area contributed by atoms with E-state index in [0.29, 0.717) is 17.7 Å². The Balaban J connectivity index is 2.53. The Morgan fingerprint density at radius 1 is 1.29 bits per heavy atom. The van der Waals surface area contributed by atoms with Crippen LogP contribution in [-0.4, -0.2) is 18.6 Å². The van der Waals surface area contributed by atoms with E-state index in [1.165, 1.54) is 0 Å². The minimum Gasteiger partial charge on any atom is -0.484 e. The highest BCUT2D eigenvalue weighted by atomic mass is 16.5. The van der Waals surface area contributed by atoms with E-state index in [-0.39, 0.29) is 6.61 Å². The van der Waals surface area contributed by atoms with Crippen molar-refractivity contribution in [3.05, 3.63) is 24.3 Å². The van der Waals surface area contributed by atoms with Gasteiger partial charge in [-0.1, -0.05) is 13.8 Å². The Morgan fingerprint density at radius 3 is 2.35 bits per heavy atom. The second-order valence-corrected chi connectivity index (χ2v) is 4.46. The van der Waals surface area contributed by atoms with Gasteiger partial charge < -0.3 is 15.8 Å². The molecule has 1 rings (SSSR count). The lowest BCUT2D eigenvalue weighted by Crippen LogP contribution is -2.21. The Kier molecular flexibility index (Phi) is 4.82. The lowest BCUT2D eigenvalue weighted by molar-refractivity contribution is -0.119. The minimum atomic E-state index is -0.472. The molecule has 0 aliphatic heterocycles. The summed E-state index contributed by atoms with van der Waals surface area (Å²) in [5.41, 5.74) is 6.03. The Morgan fingerprint density at radius 2 is 1.88 bits per heavy atom. The van der Waals surface area contributed by atoms with Crippen molar-refractivity contribution in [1.29, 1.82) is 0 Å². The molecule has 0 radical (unpaired) electrons. The zero-order chi connectivity index (χ0) is 12.8. The van der Waals surface area contributed by atoms with Crippen molar-refractivity contribution >= 4 is 11.6 Å². The quantitative estimate of drug-likeness (QED) is 0.794. The molecule has 4 nitrogen and oxygen atoms in total. The van der Waals surface area contributed by atoms with Gasteiger partial charge in [0.05, 0.1) is 0 Å². The standard InChI is InChI=1S/C13H20N2O2/c1-9(2)10(3)15-11-4-6-12(7-5-11)17-8-13(14)16/h4-7,9-10,15H,8H2,1-3H3,(H2,14,16). The summed E-state index contributed by atoms with van der Waals surface area (Å²) >= 11 is 0. The van der Waals surface area contributed by atoms with Gasteiger partial charge in [0, 0.05) is 11.7 Å². The van der Waals surface area contributed by atoms with E-state index in [1.54, 1.807) is 0 Å². The van der Waals surface area contributed by atoms with Crippen LogP contribution in [0.25, 0.3) is 0 Å². The third-order valence-corrected chi connectivity index (χ3v) is 2.63. The minimum absolute atomic E-state index is 0.0881. The highest BCUT2D eigenvalue weighted by Gasteiger charge is 2.06. The summed E-state index contributed by atoms with van der Waals surface area (Å²) in [6.07, 6.45) is 0. The van der Waals surface area contributed by atoms with E-state index in [1.807, 2.05) is 24.3 Å². The van der Waals surface area contributed by atoms with Crippen LogP contribution in [0.15, 0.2) is 24.3 Å². The number of rotatable bonds is 6. The maximum atomic E-state index is 10.5. The van der Waals surface area contributed by atoms with E-state index in [2.05, 4.69) is 26.1 Å². The van der Waals surface area contributed by atoms with Gasteiger partial charge in [0.15, 0.2) is 6.61 Å². The molecular weight excluding hydrogens is 216 g/mol. The normalized spacial score (nSPS) is 12.2. The first-order valence-electron chi connectivity index (χ1n) is 5.76. The highest BCUT2D eigenvalue weighted by Crippen LogP contribution is 2.17. The molecule has 0 bridgehead atoms. The van der Waals surface area contributed by atoms with Gasteiger partial charge >= 0.3 is 0 Å². The number of nitrogens with one attached hydrogen (secondary N) is 1. The number of ether oxygens (including phenoxy) is 1. The zero-order valence-corrected chi connectivity index (χ0v) is 10.6. The Labute approximate surface area is 102 Å². The lowest BCUT2D eigenvalue weighted by Gasteiger charge is -2.18. The largest absolute Gasteiger partial charge is 0.484 e. The molecule has 1 aromatic carbocycles. The number of primary amides is 1. The van der Waals surface area contributed by atoms with Crippen LogP contribution in [0, 0.1) is 5.92 Å². The summed E-state index contributed by atoms with van der Waals surface area (Å²) in [4.78, 5) is 10.5. The molecule has 0 saturated heterocycles. The van der Waals surface area contributed by atoms with Crippen molar-refractivity contribution in [2.24, 2.45) is 11.7 Å². The maximum Gasteiger partial charge on any atom is 0.255 e. The van der Waals surface area contributed by atoms with Gasteiger partial charge in [0.1, 0.15) is 5.75 Å². The number of amides is 1. The molecular formula is C13H20N2O2. The number of carbonyl (C=O) groups is 1. The van der Waals surface area contributed by atoms with Crippen LogP contribution in [0.4, 0.5) is 5.69 Å². The fourth-order valence-electron chi connectivity index (χ4n) is 1.23. The van der Waals surface area contributed by atoms with E-state index < -0.39 is 5.91 Å². The molecule has 1 aromatic rings. The summed E-state index contributed by atoms with van der Waals surface area (Å²) < 4.78 is 5.17. The van der Waals surface area contributed by atoms with Crippen LogP contribution in [0.3, 0.4) is 0 Å². The molecule has 0 saturated carbocycles. The fraction of sp³-hybridized carbons (Fsp3) is 0.462. The summed E-state index contributed by atoms with van der Waals surface area (Å²) in [7, 11) is 0. The Bertz CT molecular complexity index is 360. The van der Waals surface area contributed by atoms with Gasteiger partial charge in [0.2, 0.25) is 0 Å². The molecule has 94 valence electrons. The van der Waals surface area contributed by atoms with Crippen molar-refractivity contribution in [3.63, 3.8) is 0 Å². The highest BCUT2D eigenvalue weighted by molar-refractivity contribution is 5.75. The second-order valence-electron chi connectivity index (χ2n) is 4.46. The number of hydrogen-bond acceptors (Lipinski definition) is 3. The van der Waals surface area contributed by atoms with Gasteiger partial charge in [-0.25, -0.2) is 0 Å². The van der Waals surface area contributed by atoms with E-state index in [4.69, 9.17) is 10.5 Å². The molecule has 1 amide bonds. The topological polar surface area (TPSA) is 64.3 Å². The maximum absolute atomic E-state index is 10.5. The van der Waals surface area contributed by atoms with E-state index in [0.717, 1.165) is 5.69 Å². The number of hydrogen-bond donors (Lipinski definition) is 2. The number of anilines is 1. The third kappa shape index (κ3) is 4.76. The summed E-state index contributed by atoms with van der Waals surface area (Å²) in [5.74, 6) is 0.743. The molecule has 0 aromatic heterocycles. The first-order valence-corrected chi connectivity index (χ1v) is 5.76. The molecule has 0 fully saturated rings. The van der Waals surface area contributed by atoms with Crippen LogP contribution in [0.1, 0.15) is 20.8 Å². The lowest BCUT2D eigenvalue weighted by atomic mass is 10.1. The van der Waals surface area contributed by atoms with Crippen molar-refractivity contribution in [2.45, 2.75) is 26.8 Å². The summed E-state index contributed by atoms with van der Waals surface area (Å²) in [6.45, 7) is 6.39. The zero-order valence-electron chi connectivity index (χ0n) is 10.6. The average molecular weight is 236 g/mol. The van der Waals surface area contributed by atoms with Crippen molar-refractivity contribution in [3.8, 4) is 5.75 Å².